The smallest absolute Gasteiger partial charge is 0.234 e. The maximum atomic E-state index is 13.6. The standard InChI is InChI=1S/C19H16FN3O2/c1-2-9-25-15-7-5-13(6-8-15)18(24)17-16(12-3-4-12)22-19-21-10-14(20)11-23(17)19/h2,5-8,10-12H,1,3-4,9H2. The monoisotopic (exact) mass is 337 g/mol. The van der Waals surface area contributed by atoms with E-state index in [1.165, 1.54) is 10.6 Å². The highest BCUT2D eigenvalue weighted by atomic mass is 19.1. The first kappa shape index (κ1) is 15.5. The molecule has 126 valence electrons. The number of ether oxygens (including phenoxy) is 1. The topological polar surface area (TPSA) is 56.5 Å². The van der Waals surface area contributed by atoms with Crippen molar-refractivity contribution < 1.29 is 13.9 Å². The molecule has 3 aromatic rings. The summed E-state index contributed by atoms with van der Waals surface area (Å²) in [5, 5.41) is 0. The minimum atomic E-state index is -0.505. The fourth-order valence-electron chi connectivity index (χ4n) is 2.79. The van der Waals surface area contributed by atoms with Crippen LogP contribution in [0, 0.1) is 5.82 Å². The summed E-state index contributed by atoms with van der Waals surface area (Å²) in [6.07, 6.45) is 6.00. The number of aromatic nitrogens is 3. The van der Waals surface area contributed by atoms with Crippen LogP contribution in [0.15, 0.2) is 49.3 Å². The first-order valence-electron chi connectivity index (χ1n) is 8.09. The summed E-state index contributed by atoms with van der Waals surface area (Å²) in [5.41, 5.74) is 1.60. The third kappa shape index (κ3) is 2.91. The molecule has 0 N–H and O–H groups in total. The van der Waals surface area contributed by atoms with E-state index in [4.69, 9.17) is 4.74 Å². The van der Waals surface area contributed by atoms with Gasteiger partial charge >= 0.3 is 0 Å². The van der Waals surface area contributed by atoms with Crippen LogP contribution >= 0.6 is 0 Å². The summed E-state index contributed by atoms with van der Waals surface area (Å²) in [5.74, 6) is 0.549. The zero-order chi connectivity index (χ0) is 17.4. The van der Waals surface area contributed by atoms with Gasteiger partial charge < -0.3 is 4.74 Å². The molecule has 6 heteroatoms. The van der Waals surface area contributed by atoms with Crippen molar-refractivity contribution in [2.75, 3.05) is 6.61 Å². The molecular formula is C19H16FN3O2. The molecule has 1 aliphatic carbocycles. The molecule has 1 fully saturated rings. The lowest BCUT2D eigenvalue weighted by Gasteiger charge is -2.06. The number of ketones is 1. The van der Waals surface area contributed by atoms with Crippen molar-refractivity contribution in [2.24, 2.45) is 0 Å². The molecule has 5 nitrogen and oxygen atoms in total. The Labute approximate surface area is 143 Å². The van der Waals surface area contributed by atoms with Gasteiger partial charge in [-0.3, -0.25) is 9.20 Å². The number of carbonyl (C=O) groups is 1. The van der Waals surface area contributed by atoms with Gasteiger partial charge in [0.2, 0.25) is 11.6 Å². The zero-order valence-electron chi connectivity index (χ0n) is 13.5. The van der Waals surface area contributed by atoms with Gasteiger partial charge in [-0.25, -0.2) is 14.4 Å². The van der Waals surface area contributed by atoms with Crippen molar-refractivity contribution in [3.05, 3.63) is 72.1 Å². The normalized spacial score (nSPS) is 13.8. The number of hydrogen-bond donors (Lipinski definition) is 0. The minimum Gasteiger partial charge on any atom is -0.490 e. The van der Waals surface area contributed by atoms with Crippen molar-refractivity contribution >= 4 is 11.6 Å². The number of fused-ring (bicyclic) bond motifs is 1. The molecule has 0 amide bonds. The van der Waals surface area contributed by atoms with Crippen LogP contribution in [0.4, 0.5) is 4.39 Å². The largest absolute Gasteiger partial charge is 0.490 e. The Kier molecular flexibility index (Phi) is 3.80. The molecule has 0 atom stereocenters. The van der Waals surface area contributed by atoms with Crippen LogP contribution in [-0.2, 0) is 0 Å². The molecule has 2 heterocycles. The average molecular weight is 337 g/mol. The van der Waals surface area contributed by atoms with E-state index in [0.29, 0.717) is 35.1 Å². The highest BCUT2D eigenvalue weighted by Crippen LogP contribution is 2.41. The number of carbonyl (C=O) groups excluding carboxylic acids is 1. The van der Waals surface area contributed by atoms with Gasteiger partial charge in [0.1, 0.15) is 18.1 Å². The number of halogens is 1. The average Bonchev–Trinajstić information content (AvgIpc) is 3.41. The van der Waals surface area contributed by atoms with E-state index in [1.807, 2.05) is 0 Å². The summed E-state index contributed by atoms with van der Waals surface area (Å²) >= 11 is 0. The van der Waals surface area contributed by atoms with Gasteiger partial charge in [0.05, 0.1) is 18.1 Å². The van der Waals surface area contributed by atoms with Crippen molar-refractivity contribution in [1.82, 2.24) is 14.4 Å². The van der Waals surface area contributed by atoms with E-state index >= 15 is 0 Å². The number of hydrogen-bond acceptors (Lipinski definition) is 4. The second-order valence-corrected chi connectivity index (χ2v) is 6.02. The van der Waals surface area contributed by atoms with E-state index < -0.39 is 5.82 Å². The van der Waals surface area contributed by atoms with Crippen LogP contribution in [-0.4, -0.2) is 26.8 Å². The molecular weight excluding hydrogens is 321 g/mol. The third-order valence-electron chi connectivity index (χ3n) is 4.14. The Balaban J connectivity index is 1.75. The molecule has 1 aromatic carbocycles. The van der Waals surface area contributed by atoms with E-state index in [1.54, 1.807) is 30.3 Å². The molecule has 0 spiro atoms. The number of benzene rings is 1. The van der Waals surface area contributed by atoms with Crippen molar-refractivity contribution in [3.63, 3.8) is 0 Å². The number of imidazole rings is 1. The fraction of sp³-hybridized carbons (Fsp3) is 0.211. The predicted molar refractivity (Wildman–Crippen MR) is 90.5 cm³/mol. The number of nitrogens with zero attached hydrogens (tertiary/aromatic N) is 3. The SMILES string of the molecule is C=CCOc1ccc(C(=O)c2c(C3CC3)nc3ncc(F)cn23)cc1. The first-order chi connectivity index (χ1) is 12.2. The molecule has 4 rings (SSSR count). The first-order valence-corrected chi connectivity index (χ1v) is 8.09. The van der Waals surface area contributed by atoms with Crippen LogP contribution in [0.25, 0.3) is 5.78 Å². The van der Waals surface area contributed by atoms with Crippen LogP contribution in [0.2, 0.25) is 0 Å². The molecule has 0 bridgehead atoms. The second kappa shape index (κ2) is 6.12. The zero-order valence-corrected chi connectivity index (χ0v) is 13.5. The third-order valence-corrected chi connectivity index (χ3v) is 4.14. The highest BCUT2D eigenvalue weighted by molar-refractivity contribution is 6.09. The van der Waals surface area contributed by atoms with E-state index in [0.717, 1.165) is 19.0 Å². The Hall–Kier alpha value is -3.02. The van der Waals surface area contributed by atoms with Crippen LogP contribution in [0.1, 0.15) is 40.5 Å². The fourth-order valence-corrected chi connectivity index (χ4v) is 2.79. The molecule has 0 saturated heterocycles. The Bertz CT molecular complexity index is 959. The maximum absolute atomic E-state index is 13.6. The van der Waals surface area contributed by atoms with Gasteiger partial charge in [-0.1, -0.05) is 12.7 Å². The van der Waals surface area contributed by atoms with Crippen LogP contribution in [0.3, 0.4) is 0 Å². The summed E-state index contributed by atoms with van der Waals surface area (Å²) in [4.78, 5) is 21.5. The molecule has 1 aliphatic rings. The maximum Gasteiger partial charge on any atom is 0.234 e. The van der Waals surface area contributed by atoms with Gasteiger partial charge in [0.25, 0.3) is 0 Å². The van der Waals surface area contributed by atoms with Crippen molar-refractivity contribution in [1.29, 1.82) is 0 Å². The Morgan fingerprint density at radius 3 is 2.80 bits per heavy atom. The Morgan fingerprint density at radius 2 is 2.12 bits per heavy atom. The lowest BCUT2D eigenvalue weighted by Crippen LogP contribution is -2.08. The molecule has 0 unspecified atom stereocenters. The Morgan fingerprint density at radius 1 is 1.36 bits per heavy atom. The summed E-state index contributed by atoms with van der Waals surface area (Å²) in [6, 6.07) is 6.86. The van der Waals surface area contributed by atoms with E-state index in [9.17, 15) is 9.18 Å². The predicted octanol–water partition coefficient (Wildman–Crippen LogP) is 3.54. The lowest BCUT2D eigenvalue weighted by molar-refractivity contribution is 0.103. The second-order valence-electron chi connectivity index (χ2n) is 6.02. The molecule has 1 saturated carbocycles. The summed E-state index contributed by atoms with van der Waals surface area (Å²) in [7, 11) is 0. The van der Waals surface area contributed by atoms with E-state index in [-0.39, 0.29) is 11.7 Å². The quantitative estimate of drug-likeness (QED) is 0.510. The molecule has 0 aliphatic heterocycles. The van der Waals surface area contributed by atoms with Gasteiger partial charge in [-0.2, -0.15) is 0 Å². The van der Waals surface area contributed by atoms with Crippen LogP contribution < -0.4 is 4.74 Å². The van der Waals surface area contributed by atoms with E-state index in [2.05, 4.69) is 16.5 Å². The van der Waals surface area contributed by atoms with Gasteiger partial charge in [0.15, 0.2) is 5.82 Å². The summed E-state index contributed by atoms with van der Waals surface area (Å²) < 4.78 is 20.5. The van der Waals surface area contributed by atoms with Gasteiger partial charge in [0, 0.05) is 11.5 Å². The molecule has 2 aromatic heterocycles. The summed E-state index contributed by atoms with van der Waals surface area (Å²) in [6.45, 7) is 4.00. The molecule has 25 heavy (non-hydrogen) atoms. The van der Waals surface area contributed by atoms with Gasteiger partial charge in [-0.05, 0) is 37.1 Å². The van der Waals surface area contributed by atoms with Crippen molar-refractivity contribution in [3.8, 4) is 5.75 Å². The minimum absolute atomic E-state index is 0.197. The highest BCUT2D eigenvalue weighted by Gasteiger charge is 2.33. The van der Waals surface area contributed by atoms with Crippen LogP contribution in [0.5, 0.6) is 5.75 Å². The lowest BCUT2D eigenvalue weighted by atomic mass is 10.0. The van der Waals surface area contributed by atoms with Crippen molar-refractivity contribution in [2.45, 2.75) is 18.8 Å². The number of rotatable bonds is 6. The van der Waals surface area contributed by atoms with Gasteiger partial charge in [-0.15, -0.1) is 0 Å². The molecule has 0 radical (unpaired) electrons.